The Hall–Kier alpha value is -1.15. The summed E-state index contributed by atoms with van der Waals surface area (Å²) in [7, 11) is 1.39. The lowest BCUT2D eigenvalue weighted by Gasteiger charge is -2.11. The molecule has 0 aromatic carbocycles. The third-order valence-electron chi connectivity index (χ3n) is 1.53. The summed E-state index contributed by atoms with van der Waals surface area (Å²) in [4.78, 5) is 3.59. The van der Waals surface area contributed by atoms with Crippen LogP contribution in [0.1, 0.15) is 11.7 Å². The van der Waals surface area contributed by atoms with Gasteiger partial charge in [0.2, 0.25) is 5.89 Å². The Bertz CT molecular complexity index is 313. The Labute approximate surface area is 82.8 Å². The van der Waals surface area contributed by atoms with E-state index in [2.05, 4.69) is 19.4 Å². The van der Waals surface area contributed by atoms with Crippen molar-refractivity contribution in [2.75, 3.05) is 7.11 Å². The summed E-state index contributed by atoms with van der Waals surface area (Å²) >= 11 is 0. The number of aliphatic hydroxyl groups is 1. The molecule has 1 aromatic heterocycles. The number of hydrogen-bond donors (Lipinski definition) is 1. The predicted octanol–water partition coefficient (Wildman–Crippen LogP) is 0.682. The smallest absolute Gasteiger partial charge is 0.383 e. The minimum absolute atomic E-state index is 0.0472. The van der Waals surface area contributed by atoms with Crippen molar-refractivity contribution in [2.45, 2.75) is 25.3 Å². The highest BCUT2D eigenvalue weighted by atomic mass is 19.4. The molecule has 0 radical (unpaired) electrons. The normalized spacial score (nSPS) is 14.2. The van der Waals surface area contributed by atoms with Gasteiger partial charge in [-0.25, -0.2) is 0 Å². The van der Waals surface area contributed by atoms with Gasteiger partial charge in [0.1, 0.15) is 6.61 Å². The molecule has 0 aliphatic rings. The first-order valence-corrected chi connectivity index (χ1v) is 3.98. The average molecular weight is 226 g/mol. The molecular weight excluding hydrogens is 217 g/mol. The van der Waals surface area contributed by atoms with Crippen LogP contribution in [0, 0.1) is 0 Å². The molecule has 0 aliphatic carbocycles. The Morgan fingerprint density at radius 1 is 1.53 bits per heavy atom. The number of nitrogens with zero attached hydrogens (tertiary/aromatic N) is 2. The second-order valence-electron chi connectivity index (χ2n) is 2.80. The van der Waals surface area contributed by atoms with Gasteiger partial charge in [0, 0.05) is 7.11 Å². The molecule has 1 rings (SSSR count). The second kappa shape index (κ2) is 4.58. The summed E-state index contributed by atoms with van der Waals surface area (Å²) in [5, 5.41) is 12.0. The van der Waals surface area contributed by atoms with Gasteiger partial charge in [0.15, 0.2) is 11.9 Å². The maximum absolute atomic E-state index is 11.9. The van der Waals surface area contributed by atoms with E-state index in [0.29, 0.717) is 0 Å². The number of aromatic nitrogens is 2. The Balaban J connectivity index is 2.57. The van der Waals surface area contributed by atoms with Crippen molar-refractivity contribution in [3.05, 3.63) is 11.7 Å². The van der Waals surface area contributed by atoms with Gasteiger partial charge in [0.05, 0.1) is 6.42 Å². The molecule has 0 fully saturated rings. The minimum atomic E-state index is -4.68. The zero-order valence-corrected chi connectivity index (χ0v) is 7.78. The van der Waals surface area contributed by atoms with Crippen molar-refractivity contribution in [3.63, 3.8) is 0 Å². The van der Waals surface area contributed by atoms with Gasteiger partial charge in [0.25, 0.3) is 0 Å². The van der Waals surface area contributed by atoms with Gasteiger partial charge in [-0.3, -0.25) is 0 Å². The summed E-state index contributed by atoms with van der Waals surface area (Å²) in [6, 6.07) is 0. The van der Waals surface area contributed by atoms with Crippen molar-refractivity contribution in [2.24, 2.45) is 0 Å². The van der Waals surface area contributed by atoms with E-state index in [1.807, 2.05) is 0 Å². The molecule has 8 heteroatoms. The van der Waals surface area contributed by atoms with Crippen LogP contribution in [0.4, 0.5) is 13.2 Å². The van der Waals surface area contributed by atoms with Crippen molar-refractivity contribution in [3.8, 4) is 0 Å². The molecule has 86 valence electrons. The zero-order chi connectivity index (χ0) is 11.5. The van der Waals surface area contributed by atoms with Crippen molar-refractivity contribution >= 4 is 0 Å². The maximum Gasteiger partial charge on any atom is 0.414 e. The van der Waals surface area contributed by atoms with Crippen molar-refractivity contribution < 1.29 is 27.5 Å². The predicted molar refractivity (Wildman–Crippen MR) is 40.8 cm³/mol. The molecule has 0 saturated carbocycles. The first kappa shape index (κ1) is 11.9. The van der Waals surface area contributed by atoms with Crippen LogP contribution in [0.5, 0.6) is 0 Å². The topological polar surface area (TPSA) is 68.4 Å². The lowest BCUT2D eigenvalue weighted by molar-refractivity contribution is -0.204. The van der Waals surface area contributed by atoms with Crippen LogP contribution < -0.4 is 0 Å². The first-order valence-electron chi connectivity index (χ1n) is 3.98. The van der Waals surface area contributed by atoms with E-state index >= 15 is 0 Å². The van der Waals surface area contributed by atoms with E-state index in [9.17, 15) is 13.2 Å². The highest BCUT2D eigenvalue weighted by Crippen LogP contribution is 2.22. The highest BCUT2D eigenvalue weighted by Gasteiger charge is 2.39. The lowest BCUT2D eigenvalue weighted by Crippen LogP contribution is -2.30. The van der Waals surface area contributed by atoms with Crippen LogP contribution in [0.15, 0.2) is 4.52 Å². The van der Waals surface area contributed by atoms with E-state index < -0.39 is 18.7 Å². The fourth-order valence-corrected chi connectivity index (χ4v) is 0.842. The van der Waals surface area contributed by atoms with Gasteiger partial charge < -0.3 is 14.4 Å². The number of alkyl halides is 3. The van der Waals surface area contributed by atoms with Gasteiger partial charge in [-0.1, -0.05) is 5.16 Å². The van der Waals surface area contributed by atoms with E-state index in [0.717, 1.165) is 0 Å². The Kier molecular flexibility index (Phi) is 3.64. The summed E-state index contributed by atoms with van der Waals surface area (Å²) in [6.07, 6.45) is -7.93. The second-order valence-corrected chi connectivity index (χ2v) is 2.80. The largest absolute Gasteiger partial charge is 0.414 e. The fraction of sp³-hybridized carbons (Fsp3) is 0.714. The van der Waals surface area contributed by atoms with Crippen LogP contribution in [-0.2, 0) is 17.8 Å². The molecular formula is C7H9F3N2O3. The van der Waals surface area contributed by atoms with Crippen molar-refractivity contribution in [1.29, 1.82) is 0 Å². The molecule has 0 saturated heterocycles. The number of halogens is 3. The van der Waals surface area contributed by atoms with Gasteiger partial charge in [-0.05, 0) is 0 Å². The quantitative estimate of drug-likeness (QED) is 0.817. The van der Waals surface area contributed by atoms with E-state index in [4.69, 9.17) is 5.11 Å². The van der Waals surface area contributed by atoms with Gasteiger partial charge in [-0.2, -0.15) is 18.2 Å². The third kappa shape index (κ3) is 3.48. The number of aliphatic hydroxyl groups excluding tert-OH is 1. The van der Waals surface area contributed by atoms with E-state index in [1.165, 1.54) is 7.11 Å². The van der Waals surface area contributed by atoms with E-state index in [1.54, 1.807) is 0 Å². The molecule has 0 spiro atoms. The zero-order valence-electron chi connectivity index (χ0n) is 7.78. The van der Waals surface area contributed by atoms with Crippen LogP contribution >= 0.6 is 0 Å². The molecule has 0 bridgehead atoms. The molecule has 1 N–H and O–H groups in total. The number of rotatable bonds is 4. The molecule has 0 amide bonds. The lowest BCUT2D eigenvalue weighted by atomic mass is 10.2. The van der Waals surface area contributed by atoms with Gasteiger partial charge >= 0.3 is 6.18 Å². The minimum Gasteiger partial charge on any atom is -0.383 e. The summed E-state index contributed by atoms with van der Waals surface area (Å²) < 4.78 is 44.9. The SMILES string of the molecule is COCc1noc(CC(O)C(F)(F)F)n1. The Morgan fingerprint density at radius 3 is 2.73 bits per heavy atom. The van der Waals surface area contributed by atoms with Crippen LogP contribution in [0.25, 0.3) is 0 Å². The fourth-order valence-electron chi connectivity index (χ4n) is 0.842. The monoisotopic (exact) mass is 226 g/mol. The van der Waals surface area contributed by atoms with Crippen LogP contribution in [0.2, 0.25) is 0 Å². The number of methoxy groups -OCH3 is 1. The molecule has 1 aromatic rings. The molecule has 1 unspecified atom stereocenters. The summed E-state index contributed by atoms with van der Waals surface area (Å²) in [5.74, 6) is -0.131. The van der Waals surface area contributed by atoms with Crippen LogP contribution in [0.3, 0.4) is 0 Å². The summed E-state index contributed by atoms with van der Waals surface area (Å²) in [5.41, 5.74) is 0. The first-order chi connectivity index (χ1) is 6.93. The molecule has 1 heterocycles. The van der Waals surface area contributed by atoms with Crippen LogP contribution in [-0.4, -0.2) is 34.6 Å². The molecule has 1 atom stereocenters. The number of ether oxygens (including phenoxy) is 1. The molecule has 5 nitrogen and oxygen atoms in total. The average Bonchev–Trinajstić information content (AvgIpc) is 2.51. The van der Waals surface area contributed by atoms with Crippen molar-refractivity contribution in [1.82, 2.24) is 10.1 Å². The van der Waals surface area contributed by atoms with Gasteiger partial charge in [-0.15, -0.1) is 0 Å². The maximum atomic E-state index is 11.9. The third-order valence-corrected chi connectivity index (χ3v) is 1.53. The Morgan fingerprint density at radius 2 is 2.20 bits per heavy atom. The standard InChI is InChI=1S/C7H9F3N2O3/c1-14-3-5-11-6(15-12-5)2-4(13)7(8,9)10/h4,13H,2-3H2,1H3. The molecule has 15 heavy (non-hydrogen) atoms. The molecule has 0 aliphatic heterocycles. The summed E-state index contributed by atoms with van der Waals surface area (Å²) in [6.45, 7) is 0.0472. The highest BCUT2D eigenvalue weighted by molar-refractivity contribution is 4.88. The van der Waals surface area contributed by atoms with E-state index in [-0.39, 0.29) is 18.3 Å². The number of hydrogen-bond acceptors (Lipinski definition) is 5.